The number of anilines is 1. The van der Waals surface area contributed by atoms with Crippen LogP contribution in [0.1, 0.15) is 17.3 Å². The molecule has 0 aliphatic rings. The maximum absolute atomic E-state index is 13.0. The predicted molar refractivity (Wildman–Crippen MR) is 68.8 cm³/mol. The number of hydrogen-bond acceptors (Lipinski definition) is 3. The Kier molecular flexibility index (Phi) is 5.32. The fourth-order valence-electron chi connectivity index (χ4n) is 1.30. The van der Waals surface area contributed by atoms with Crippen LogP contribution in [0.5, 0.6) is 0 Å². The highest BCUT2D eigenvalue weighted by atomic mass is 19.1. The summed E-state index contributed by atoms with van der Waals surface area (Å²) in [6, 6.07) is 3.68. The average molecular weight is 252 g/mol. The highest BCUT2D eigenvalue weighted by Crippen LogP contribution is 2.12. The van der Waals surface area contributed by atoms with Crippen LogP contribution in [0.4, 0.5) is 10.1 Å². The van der Waals surface area contributed by atoms with Crippen molar-refractivity contribution in [3.05, 3.63) is 41.7 Å². The number of nitrogen functional groups attached to an aromatic ring is 1. The van der Waals surface area contributed by atoms with Crippen LogP contribution in [-0.4, -0.2) is 25.7 Å². The van der Waals surface area contributed by atoms with Crippen LogP contribution in [0.2, 0.25) is 0 Å². The third-order valence-corrected chi connectivity index (χ3v) is 2.14. The van der Waals surface area contributed by atoms with E-state index in [1.807, 2.05) is 6.92 Å². The average Bonchev–Trinajstić information content (AvgIpc) is 2.31. The number of halogens is 1. The van der Waals surface area contributed by atoms with Gasteiger partial charge in [0.1, 0.15) is 5.82 Å². The zero-order valence-corrected chi connectivity index (χ0v) is 10.3. The van der Waals surface area contributed by atoms with Crippen LogP contribution in [0.3, 0.4) is 0 Å². The quantitative estimate of drug-likeness (QED) is 0.460. The lowest BCUT2D eigenvalue weighted by Gasteiger charge is -2.08. The molecular formula is C13H17FN2O2. The van der Waals surface area contributed by atoms with Gasteiger partial charge in [-0.3, -0.25) is 4.79 Å². The van der Waals surface area contributed by atoms with Crippen LogP contribution in [0.15, 0.2) is 30.4 Å². The minimum Gasteiger partial charge on any atom is -0.398 e. The molecule has 3 N–H and O–H groups in total. The van der Waals surface area contributed by atoms with Crippen molar-refractivity contribution in [1.82, 2.24) is 5.32 Å². The Labute approximate surface area is 106 Å². The number of carbonyl (C=O) groups is 1. The molecule has 0 aliphatic heterocycles. The summed E-state index contributed by atoms with van der Waals surface area (Å²) in [5.41, 5.74) is 6.88. The van der Waals surface area contributed by atoms with Gasteiger partial charge in [-0.15, -0.1) is 0 Å². The molecule has 98 valence electrons. The van der Waals surface area contributed by atoms with Crippen molar-refractivity contribution < 1.29 is 13.9 Å². The monoisotopic (exact) mass is 252 g/mol. The smallest absolute Gasteiger partial charge is 0.253 e. The van der Waals surface area contributed by atoms with Gasteiger partial charge < -0.3 is 15.8 Å². The molecule has 4 nitrogen and oxygen atoms in total. The summed E-state index contributed by atoms with van der Waals surface area (Å²) in [6.45, 7) is 6.70. The van der Waals surface area contributed by atoms with E-state index in [9.17, 15) is 9.18 Å². The van der Waals surface area contributed by atoms with E-state index >= 15 is 0 Å². The van der Waals surface area contributed by atoms with Crippen LogP contribution < -0.4 is 11.1 Å². The molecule has 18 heavy (non-hydrogen) atoms. The number of ether oxygens (including phenoxy) is 1. The molecule has 0 fully saturated rings. The first kappa shape index (κ1) is 14.2. The van der Waals surface area contributed by atoms with E-state index in [4.69, 9.17) is 10.5 Å². The van der Waals surface area contributed by atoms with Gasteiger partial charge in [-0.05, 0) is 25.1 Å². The summed E-state index contributed by atoms with van der Waals surface area (Å²) >= 11 is 0. The number of hydrogen-bond donors (Lipinski definition) is 2. The van der Waals surface area contributed by atoms with Gasteiger partial charge in [-0.1, -0.05) is 12.2 Å². The predicted octanol–water partition coefficient (Wildman–Crippen LogP) is 1.73. The van der Waals surface area contributed by atoms with Crippen molar-refractivity contribution in [3.8, 4) is 0 Å². The number of nitrogens with two attached hydrogens (primary N) is 1. The van der Waals surface area contributed by atoms with Crippen molar-refractivity contribution in [2.45, 2.75) is 6.92 Å². The maximum atomic E-state index is 13.0. The Balaban J connectivity index is 2.41. The topological polar surface area (TPSA) is 64.3 Å². The van der Waals surface area contributed by atoms with Crippen molar-refractivity contribution >= 4 is 11.6 Å². The van der Waals surface area contributed by atoms with Crippen LogP contribution in [0.25, 0.3) is 0 Å². The molecule has 0 heterocycles. The fraction of sp³-hybridized carbons (Fsp3) is 0.308. The molecule has 0 unspecified atom stereocenters. The molecule has 1 aromatic carbocycles. The van der Waals surface area contributed by atoms with E-state index in [2.05, 4.69) is 11.9 Å². The van der Waals surface area contributed by atoms with Gasteiger partial charge in [0, 0.05) is 12.2 Å². The minimum atomic E-state index is -0.493. The number of rotatable bonds is 6. The molecule has 1 rings (SSSR count). The van der Waals surface area contributed by atoms with Gasteiger partial charge in [0.25, 0.3) is 5.91 Å². The van der Waals surface area contributed by atoms with E-state index in [1.165, 1.54) is 12.1 Å². The van der Waals surface area contributed by atoms with Crippen molar-refractivity contribution in [3.63, 3.8) is 0 Å². The first-order valence-electron chi connectivity index (χ1n) is 5.56. The van der Waals surface area contributed by atoms with Crippen molar-refractivity contribution in [1.29, 1.82) is 0 Å². The highest BCUT2D eigenvalue weighted by molar-refractivity contribution is 5.99. The van der Waals surface area contributed by atoms with Crippen molar-refractivity contribution in [2.75, 3.05) is 25.5 Å². The molecule has 0 saturated heterocycles. The minimum absolute atomic E-state index is 0.134. The first-order chi connectivity index (χ1) is 8.50. The lowest BCUT2D eigenvalue weighted by atomic mass is 10.1. The molecule has 0 atom stereocenters. The number of nitrogens with one attached hydrogen (secondary N) is 1. The zero-order chi connectivity index (χ0) is 13.5. The molecule has 5 heteroatoms. The summed E-state index contributed by atoms with van der Waals surface area (Å²) in [5.74, 6) is -0.904. The third kappa shape index (κ3) is 4.55. The first-order valence-corrected chi connectivity index (χ1v) is 5.56. The highest BCUT2D eigenvalue weighted by Gasteiger charge is 2.09. The Hall–Kier alpha value is -1.88. The molecule has 0 spiro atoms. The number of amides is 1. The molecule has 1 aromatic rings. The molecule has 0 bridgehead atoms. The van der Waals surface area contributed by atoms with E-state index in [1.54, 1.807) is 0 Å². The third-order valence-electron chi connectivity index (χ3n) is 2.14. The zero-order valence-electron chi connectivity index (χ0n) is 10.3. The van der Waals surface area contributed by atoms with Gasteiger partial charge in [0.05, 0.1) is 18.8 Å². The standard InChI is InChI=1S/C13H17FN2O2/c1-9(2)8-18-6-5-16-13(17)11-7-10(14)3-4-12(11)15/h3-4,7H,1,5-6,8,15H2,2H3,(H,16,17). The molecule has 0 aromatic heterocycles. The van der Waals surface area contributed by atoms with Crippen LogP contribution in [0, 0.1) is 5.82 Å². The van der Waals surface area contributed by atoms with E-state index < -0.39 is 11.7 Å². The Bertz CT molecular complexity index is 447. The van der Waals surface area contributed by atoms with Gasteiger partial charge in [0.2, 0.25) is 0 Å². The SMILES string of the molecule is C=C(C)COCCNC(=O)c1cc(F)ccc1N. The molecule has 0 radical (unpaired) electrons. The molecule has 0 saturated carbocycles. The normalized spacial score (nSPS) is 10.1. The Morgan fingerprint density at radius 3 is 2.94 bits per heavy atom. The second kappa shape index (κ2) is 6.76. The largest absolute Gasteiger partial charge is 0.398 e. The van der Waals surface area contributed by atoms with Crippen LogP contribution in [-0.2, 0) is 4.74 Å². The summed E-state index contributed by atoms with van der Waals surface area (Å²) in [5, 5.41) is 2.60. The lowest BCUT2D eigenvalue weighted by Crippen LogP contribution is -2.28. The fourth-order valence-corrected chi connectivity index (χ4v) is 1.30. The molecule has 1 amide bonds. The Morgan fingerprint density at radius 2 is 2.28 bits per heavy atom. The van der Waals surface area contributed by atoms with E-state index in [0.29, 0.717) is 19.8 Å². The van der Waals surface area contributed by atoms with Gasteiger partial charge in [-0.25, -0.2) is 4.39 Å². The maximum Gasteiger partial charge on any atom is 0.253 e. The van der Waals surface area contributed by atoms with Crippen molar-refractivity contribution in [2.24, 2.45) is 0 Å². The second-order valence-electron chi connectivity index (χ2n) is 4.00. The number of carbonyl (C=O) groups excluding carboxylic acids is 1. The molecule has 0 aliphatic carbocycles. The second-order valence-corrected chi connectivity index (χ2v) is 4.00. The Morgan fingerprint density at radius 1 is 1.56 bits per heavy atom. The summed E-state index contributed by atoms with van der Waals surface area (Å²) in [7, 11) is 0. The summed E-state index contributed by atoms with van der Waals surface area (Å²) in [4.78, 5) is 11.7. The molecular weight excluding hydrogens is 235 g/mol. The number of benzene rings is 1. The van der Waals surface area contributed by atoms with Gasteiger partial charge in [0.15, 0.2) is 0 Å². The van der Waals surface area contributed by atoms with Gasteiger partial charge in [-0.2, -0.15) is 0 Å². The summed E-state index contributed by atoms with van der Waals surface area (Å²) < 4.78 is 18.2. The summed E-state index contributed by atoms with van der Waals surface area (Å²) in [6.07, 6.45) is 0. The van der Waals surface area contributed by atoms with E-state index in [-0.39, 0.29) is 11.3 Å². The lowest BCUT2D eigenvalue weighted by molar-refractivity contribution is 0.0927. The van der Waals surface area contributed by atoms with Gasteiger partial charge >= 0.3 is 0 Å². The van der Waals surface area contributed by atoms with Crippen LogP contribution >= 0.6 is 0 Å². The van der Waals surface area contributed by atoms with E-state index in [0.717, 1.165) is 11.6 Å².